The fourth-order valence-corrected chi connectivity index (χ4v) is 4.05. The molecule has 30 heavy (non-hydrogen) atoms. The van der Waals surface area contributed by atoms with E-state index < -0.39 is 17.7 Å². The number of morpholine rings is 1. The normalized spacial score (nSPS) is 22.0. The standard InChI is InChI=1S/C23H26N2O5/c1-16-8-9-18(30-16)20-19(21(26)17-6-3-2-4-7-17)22(27)23(28)25(20)11-5-10-24-12-14-29-15-13-24/h2-4,6-9,20,26H,5,10-15H2,1H3/b21-19+. The molecule has 1 atom stereocenters. The van der Waals surface area contributed by atoms with Crippen molar-refractivity contribution >= 4 is 17.4 Å². The number of aliphatic hydroxyl groups is 1. The van der Waals surface area contributed by atoms with E-state index in [2.05, 4.69) is 4.90 Å². The van der Waals surface area contributed by atoms with Crippen LogP contribution in [0.5, 0.6) is 0 Å². The lowest BCUT2D eigenvalue weighted by atomic mass is 9.99. The number of likely N-dealkylation sites (tertiary alicyclic amines) is 1. The molecular formula is C23H26N2O5. The number of benzene rings is 1. The van der Waals surface area contributed by atoms with Crippen molar-refractivity contribution in [3.05, 3.63) is 65.1 Å². The van der Waals surface area contributed by atoms with Crippen LogP contribution in [0.1, 0.15) is 29.5 Å². The number of ketones is 1. The first-order valence-corrected chi connectivity index (χ1v) is 10.3. The van der Waals surface area contributed by atoms with E-state index in [0.717, 1.165) is 19.6 Å². The van der Waals surface area contributed by atoms with Crippen molar-refractivity contribution in [3.63, 3.8) is 0 Å². The fourth-order valence-electron chi connectivity index (χ4n) is 4.05. The molecule has 1 aromatic carbocycles. The van der Waals surface area contributed by atoms with Gasteiger partial charge in [0.25, 0.3) is 11.7 Å². The molecule has 1 unspecified atom stereocenters. The highest BCUT2D eigenvalue weighted by Crippen LogP contribution is 2.40. The average Bonchev–Trinajstić information content (AvgIpc) is 3.31. The van der Waals surface area contributed by atoms with Crippen molar-refractivity contribution in [1.29, 1.82) is 0 Å². The molecule has 2 fully saturated rings. The van der Waals surface area contributed by atoms with Gasteiger partial charge in [0.1, 0.15) is 23.3 Å². The maximum atomic E-state index is 12.9. The molecular weight excluding hydrogens is 384 g/mol. The Morgan fingerprint density at radius 3 is 2.47 bits per heavy atom. The number of aryl methyl sites for hydroxylation is 1. The number of carbonyl (C=O) groups is 2. The van der Waals surface area contributed by atoms with Crippen LogP contribution >= 0.6 is 0 Å². The number of hydrogen-bond acceptors (Lipinski definition) is 6. The van der Waals surface area contributed by atoms with Gasteiger partial charge in [-0.2, -0.15) is 0 Å². The van der Waals surface area contributed by atoms with Crippen LogP contribution in [-0.4, -0.2) is 66.0 Å². The molecule has 1 N–H and O–H groups in total. The molecule has 2 aromatic rings. The average molecular weight is 410 g/mol. The minimum absolute atomic E-state index is 0.0759. The second-order valence-electron chi connectivity index (χ2n) is 7.61. The number of hydrogen-bond donors (Lipinski definition) is 1. The summed E-state index contributed by atoms with van der Waals surface area (Å²) in [7, 11) is 0. The van der Waals surface area contributed by atoms with Crippen LogP contribution < -0.4 is 0 Å². The zero-order valence-electron chi connectivity index (χ0n) is 17.0. The first kappa shape index (κ1) is 20.4. The SMILES string of the molecule is Cc1ccc(C2/C(=C(\O)c3ccccc3)C(=O)C(=O)N2CCCN2CCOCC2)o1. The highest BCUT2D eigenvalue weighted by molar-refractivity contribution is 6.46. The lowest BCUT2D eigenvalue weighted by molar-refractivity contribution is -0.140. The maximum Gasteiger partial charge on any atom is 0.295 e. The molecule has 158 valence electrons. The van der Waals surface area contributed by atoms with Gasteiger partial charge in [0.15, 0.2) is 0 Å². The van der Waals surface area contributed by atoms with E-state index in [-0.39, 0.29) is 11.3 Å². The number of furan rings is 1. The van der Waals surface area contributed by atoms with Crippen LogP contribution in [0.4, 0.5) is 0 Å². The maximum absolute atomic E-state index is 12.9. The number of ether oxygens (including phenoxy) is 1. The topological polar surface area (TPSA) is 83.2 Å². The van der Waals surface area contributed by atoms with E-state index in [4.69, 9.17) is 9.15 Å². The lowest BCUT2D eigenvalue weighted by Crippen LogP contribution is -2.38. The van der Waals surface area contributed by atoms with E-state index in [9.17, 15) is 14.7 Å². The van der Waals surface area contributed by atoms with Crippen LogP contribution in [0, 0.1) is 6.92 Å². The Balaban J connectivity index is 1.63. The quantitative estimate of drug-likeness (QED) is 0.448. The number of amides is 1. The van der Waals surface area contributed by atoms with Crippen molar-refractivity contribution in [2.24, 2.45) is 0 Å². The summed E-state index contributed by atoms with van der Waals surface area (Å²) in [6.07, 6.45) is 0.717. The van der Waals surface area contributed by atoms with E-state index in [1.807, 2.05) is 13.0 Å². The third kappa shape index (κ3) is 4.04. The summed E-state index contributed by atoms with van der Waals surface area (Å²) in [6, 6.07) is 11.6. The molecule has 3 heterocycles. The molecule has 2 aliphatic heterocycles. The van der Waals surface area contributed by atoms with Gasteiger partial charge >= 0.3 is 0 Å². The van der Waals surface area contributed by atoms with Crippen molar-refractivity contribution in [2.45, 2.75) is 19.4 Å². The van der Waals surface area contributed by atoms with Crippen LogP contribution in [0.2, 0.25) is 0 Å². The van der Waals surface area contributed by atoms with E-state index in [1.54, 1.807) is 36.4 Å². The van der Waals surface area contributed by atoms with Gasteiger partial charge in [-0.25, -0.2) is 0 Å². The molecule has 1 amide bonds. The highest BCUT2D eigenvalue weighted by Gasteiger charge is 2.47. The molecule has 7 heteroatoms. The Morgan fingerprint density at radius 2 is 1.80 bits per heavy atom. The largest absolute Gasteiger partial charge is 0.507 e. The van der Waals surface area contributed by atoms with Gasteiger partial charge in [0.2, 0.25) is 0 Å². The molecule has 0 bridgehead atoms. The van der Waals surface area contributed by atoms with E-state index in [0.29, 0.717) is 43.3 Å². The van der Waals surface area contributed by atoms with Gasteiger partial charge in [-0.3, -0.25) is 14.5 Å². The summed E-state index contributed by atoms with van der Waals surface area (Å²) in [5, 5.41) is 10.9. The third-order valence-electron chi connectivity index (χ3n) is 5.59. The van der Waals surface area contributed by atoms with E-state index in [1.165, 1.54) is 4.90 Å². The number of aliphatic hydroxyl groups excluding tert-OH is 1. The Labute approximate surface area is 175 Å². The van der Waals surface area contributed by atoms with E-state index >= 15 is 0 Å². The van der Waals surface area contributed by atoms with Crippen molar-refractivity contribution < 1.29 is 23.8 Å². The van der Waals surface area contributed by atoms with Gasteiger partial charge in [-0.1, -0.05) is 30.3 Å². The molecule has 7 nitrogen and oxygen atoms in total. The Hall–Kier alpha value is -2.90. The summed E-state index contributed by atoms with van der Waals surface area (Å²) >= 11 is 0. The molecule has 0 radical (unpaired) electrons. The fraction of sp³-hybridized carbons (Fsp3) is 0.391. The summed E-state index contributed by atoms with van der Waals surface area (Å²) in [5.41, 5.74) is 0.573. The number of rotatable bonds is 6. The zero-order chi connectivity index (χ0) is 21.1. The van der Waals surface area contributed by atoms with Gasteiger partial charge in [-0.05, 0) is 25.5 Å². The Kier molecular flexibility index (Phi) is 6.01. The van der Waals surface area contributed by atoms with Crippen molar-refractivity contribution in [3.8, 4) is 0 Å². The number of nitrogens with zero attached hydrogens (tertiary/aromatic N) is 2. The molecule has 2 saturated heterocycles. The van der Waals surface area contributed by atoms with Crippen LogP contribution in [-0.2, 0) is 14.3 Å². The van der Waals surface area contributed by atoms with Gasteiger partial charge in [-0.15, -0.1) is 0 Å². The number of carbonyl (C=O) groups excluding carboxylic acids is 2. The zero-order valence-corrected chi connectivity index (χ0v) is 17.0. The van der Waals surface area contributed by atoms with Crippen LogP contribution in [0.25, 0.3) is 5.76 Å². The van der Waals surface area contributed by atoms with Crippen molar-refractivity contribution in [1.82, 2.24) is 9.80 Å². The lowest BCUT2D eigenvalue weighted by Gasteiger charge is -2.28. The summed E-state index contributed by atoms with van der Waals surface area (Å²) < 4.78 is 11.2. The van der Waals surface area contributed by atoms with Gasteiger partial charge in [0.05, 0.1) is 18.8 Å². The first-order chi connectivity index (χ1) is 14.6. The predicted molar refractivity (Wildman–Crippen MR) is 111 cm³/mol. The monoisotopic (exact) mass is 410 g/mol. The third-order valence-corrected chi connectivity index (χ3v) is 5.59. The second kappa shape index (κ2) is 8.85. The molecule has 0 spiro atoms. The van der Waals surface area contributed by atoms with Crippen molar-refractivity contribution in [2.75, 3.05) is 39.4 Å². The first-order valence-electron chi connectivity index (χ1n) is 10.3. The number of Topliss-reactive ketones (excluding diaryl/α,β-unsaturated/α-hetero) is 1. The predicted octanol–water partition coefficient (Wildman–Crippen LogP) is 2.73. The molecule has 0 aliphatic carbocycles. The van der Waals surface area contributed by atoms with Crippen LogP contribution in [0.15, 0.2) is 52.5 Å². The summed E-state index contributed by atoms with van der Waals surface area (Å²) in [4.78, 5) is 29.6. The molecule has 1 aromatic heterocycles. The Bertz CT molecular complexity index is 944. The highest BCUT2D eigenvalue weighted by atomic mass is 16.5. The minimum Gasteiger partial charge on any atom is -0.507 e. The Morgan fingerprint density at radius 1 is 1.07 bits per heavy atom. The van der Waals surface area contributed by atoms with Gasteiger partial charge < -0.3 is 19.2 Å². The summed E-state index contributed by atoms with van der Waals surface area (Å²) in [6.45, 7) is 6.19. The van der Waals surface area contributed by atoms with Crippen LogP contribution in [0.3, 0.4) is 0 Å². The molecule has 2 aliphatic rings. The van der Waals surface area contributed by atoms with Gasteiger partial charge in [0, 0.05) is 31.7 Å². The summed E-state index contributed by atoms with van der Waals surface area (Å²) in [5.74, 6) is -0.293. The molecule has 0 saturated carbocycles. The second-order valence-corrected chi connectivity index (χ2v) is 7.61. The smallest absolute Gasteiger partial charge is 0.295 e. The minimum atomic E-state index is -0.733. The molecule has 4 rings (SSSR count).